The maximum absolute atomic E-state index is 9.63. The van der Waals surface area contributed by atoms with Crippen LogP contribution >= 0.6 is 15.9 Å². The summed E-state index contributed by atoms with van der Waals surface area (Å²) in [5.74, 6) is 0. The Hall–Kier alpha value is 0.390. The minimum atomic E-state index is -2.67. The van der Waals surface area contributed by atoms with E-state index in [0.29, 0.717) is 0 Å². The van der Waals surface area contributed by atoms with Gasteiger partial charge in [-0.15, -0.1) is 0 Å². The molecule has 0 aliphatic rings. The lowest BCUT2D eigenvalue weighted by Crippen LogP contribution is -1.97. The lowest BCUT2D eigenvalue weighted by Gasteiger charge is -1.78. The number of alkyl halides is 1. The number of sulfone groups is 1. The molecule has 0 spiro atoms. The fourth-order valence-corrected chi connectivity index (χ4v) is 0.401. The number of hydrogen-bond donors (Lipinski definition) is 1. The molecule has 0 aromatic rings. The van der Waals surface area contributed by atoms with E-state index in [1.54, 1.807) is 0 Å². The van der Waals surface area contributed by atoms with Crippen molar-refractivity contribution < 1.29 is 8.42 Å². The summed E-state index contributed by atoms with van der Waals surface area (Å²) in [5, 5.41) is 1.03. The molecule has 0 aromatic heterocycles. The Morgan fingerprint density at radius 3 is 1.70 bits per heavy atom. The van der Waals surface area contributed by atoms with Crippen molar-refractivity contribution in [1.82, 2.24) is 0 Å². The van der Waals surface area contributed by atoms with Crippen molar-refractivity contribution in [1.29, 1.82) is 0 Å². The van der Waals surface area contributed by atoms with Gasteiger partial charge in [0.2, 0.25) is 0 Å². The lowest BCUT2D eigenvalue weighted by atomic mass is 10.5. The highest BCUT2D eigenvalue weighted by Gasteiger charge is 1.79. The summed E-state index contributed by atoms with van der Waals surface area (Å²) in [6.07, 6.45) is 3.40. The smallest absolute Gasteiger partial charge is 0.144 e. The van der Waals surface area contributed by atoms with Crippen LogP contribution in [0.4, 0.5) is 0 Å². The van der Waals surface area contributed by atoms with Crippen LogP contribution in [0.15, 0.2) is 0 Å². The summed E-state index contributed by atoms with van der Waals surface area (Å²) in [7, 11) is -2.67. The molecule has 0 saturated heterocycles. The lowest BCUT2D eigenvalue weighted by molar-refractivity contribution is 0.607. The molecule has 0 unspecified atom stereocenters. The summed E-state index contributed by atoms with van der Waals surface area (Å²) < 4.78 is 19.3. The summed E-state index contributed by atoms with van der Waals surface area (Å²) >= 11 is 3.23. The van der Waals surface area contributed by atoms with Gasteiger partial charge in [-0.3, -0.25) is 0 Å². The molecule has 0 fully saturated rings. The second-order valence-electron chi connectivity index (χ2n) is 1.97. The third kappa shape index (κ3) is 80.2. The van der Waals surface area contributed by atoms with Gasteiger partial charge in [-0.25, -0.2) is 8.42 Å². The predicted octanol–water partition coefficient (Wildman–Crippen LogP) is 0.391. The fraction of sp³-hybridized carbons (Fsp3) is 1.00. The number of halogens is 1. The molecule has 0 rings (SSSR count). The second kappa shape index (κ2) is 7.50. The first-order valence-electron chi connectivity index (χ1n) is 2.83. The van der Waals surface area contributed by atoms with E-state index in [2.05, 4.69) is 15.9 Å². The van der Waals surface area contributed by atoms with Gasteiger partial charge in [-0.2, -0.15) is 0 Å². The van der Waals surface area contributed by atoms with Gasteiger partial charge < -0.3 is 5.73 Å². The quantitative estimate of drug-likeness (QED) is 0.700. The highest BCUT2D eigenvalue weighted by Crippen LogP contribution is 1.80. The molecule has 5 heteroatoms. The average molecular weight is 232 g/mol. The monoisotopic (exact) mass is 231 g/mol. The molecule has 0 radical (unpaired) electrons. The van der Waals surface area contributed by atoms with Gasteiger partial charge in [0.25, 0.3) is 0 Å². The van der Waals surface area contributed by atoms with Crippen LogP contribution in [0.5, 0.6) is 0 Å². The van der Waals surface area contributed by atoms with Crippen molar-refractivity contribution in [3.63, 3.8) is 0 Å². The molecule has 0 aliphatic carbocycles. The largest absolute Gasteiger partial charge is 0.330 e. The predicted molar refractivity (Wildman–Crippen MR) is 48.2 cm³/mol. The normalized spacial score (nSPS) is 10.0. The highest BCUT2D eigenvalue weighted by molar-refractivity contribution is 9.09. The summed E-state index contributed by atoms with van der Waals surface area (Å²) in [6, 6.07) is 0. The van der Waals surface area contributed by atoms with Crippen molar-refractivity contribution in [2.45, 2.75) is 6.42 Å². The maximum Gasteiger partial charge on any atom is 0.144 e. The van der Waals surface area contributed by atoms with Gasteiger partial charge in [0.05, 0.1) is 0 Å². The van der Waals surface area contributed by atoms with Crippen molar-refractivity contribution in [2.75, 3.05) is 24.4 Å². The molecule has 0 heterocycles. The maximum atomic E-state index is 9.63. The van der Waals surface area contributed by atoms with Crippen LogP contribution in [-0.4, -0.2) is 32.8 Å². The van der Waals surface area contributed by atoms with Gasteiger partial charge in [-0.1, -0.05) is 15.9 Å². The third-order valence-electron chi connectivity index (χ3n) is 0.338. The highest BCUT2D eigenvalue weighted by atomic mass is 79.9. The van der Waals surface area contributed by atoms with Gasteiger partial charge in [-0.05, 0) is 13.0 Å². The van der Waals surface area contributed by atoms with Crippen LogP contribution in [-0.2, 0) is 9.84 Å². The first kappa shape index (κ1) is 13.0. The average Bonchev–Trinajstić information content (AvgIpc) is 1.63. The summed E-state index contributed by atoms with van der Waals surface area (Å²) in [4.78, 5) is 0. The van der Waals surface area contributed by atoms with E-state index in [1.165, 1.54) is 0 Å². The molecule has 2 N–H and O–H groups in total. The summed E-state index contributed by atoms with van der Waals surface area (Å²) in [5.41, 5.74) is 5.11. The van der Waals surface area contributed by atoms with Crippen LogP contribution in [0.3, 0.4) is 0 Å². The van der Waals surface area contributed by atoms with E-state index in [9.17, 15) is 8.42 Å². The van der Waals surface area contributed by atoms with Crippen LogP contribution in [0.2, 0.25) is 0 Å². The van der Waals surface area contributed by atoms with Gasteiger partial charge in [0.1, 0.15) is 9.84 Å². The number of nitrogens with two attached hydrogens (primary N) is 1. The number of rotatable bonds is 2. The Balaban J connectivity index is 0. The zero-order valence-corrected chi connectivity index (χ0v) is 8.70. The van der Waals surface area contributed by atoms with Gasteiger partial charge in [0.15, 0.2) is 0 Å². The van der Waals surface area contributed by atoms with Crippen LogP contribution in [0.25, 0.3) is 0 Å². The van der Waals surface area contributed by atoms with E-state index >= 15 is 0 Å². The Labute approximate surface area is 71.0 Å². The Bertz CT molecular complexity index is 134. The molecule has 0 amide bonds. The third-order valence-corrected chi connectivity index (χ3v) is 0.898. The Morgan fingerprint density at radius 1 is 1.40 bits per heavy atom. The minimum absolute atomic E-state index is 0.797. The molecule has 0 aromatic carbocycles. The van der Waals surface area contributed by atoms with Crippen molar-refractivity contribution in [2.24, 2.45) is 5.73 Å². The molecule has 0 aliphatic heterocycles. The van der Waals surface area contributed by atoms with E-state index in [-0.39, 0.29) is 0 Å². The van der Waals surface area contributed by atoms with E-state index in [4.69, 9.17) is 5.73 Å². The first-order chi connectivity index (χ1) is 4.41. The molecule has 0 bridgehead atoms. The molecular formula is C5H14BrNO2S. The van der Waals surface area contributed by atoms with Crippen molar-refractivity contribution in [3.05, 3.63) is 0 Å². The first-order valence-corrected chi connectivity index (χ1v) is 6.25. The van der Waals surface area contributed by atoms with Crippen LogP contribution in [0, 0.1) is 0 Å². The Morgan fingerprint density at radius 2 is 1.70 bits per heavy atom. The van der Waals surface area contributed by atoms with Crippen LogP contribution < -0.4 is 5.73 Å². The SMILES string of the molecule is CS(C)(=O)=O.NCCCBr. The van der Waals surface area contributed by atoms with Gasteiger partial charge >= 0.3 is 0 Å². The van der Waals surface area contributed by atoms with Crippen molar-refractivity contribution >= 4 is 25.8 Å². The minimum Gasteiger partial charge on any atom is -0.330 e. The zero-order chi connectivity index (χ0) is 8.62. The molecule has 64 valence electrons. The Kier molecular flexibility index (Phi) is 9.76. The van der Waals surface area contributed by atoms with E-state index in [1.807, 2.05) is 0 Å². The topological polar surface area (TPSA) is 60.2 Å². The molecule has 10 heavy (non-hydrogen) atoms. The van der Waals surface area contributed by atoms with E-state index < -0.39 is 9.84 Å². The standard InChI is InChI=1S/C3H8BrN.C2H6O2S/c4-2-1-3-5;1-5(2,3)4/h1-3,5H2;1-2H3. The number of hydrogen-bond acceptors (Lipinski definition) is 3. The molecular weight excluding hydrogens is 218 g/mol. The summed E-state index contributed by atoms with van der Waals surface area (Å²) in [6.45, 7) is 0.797. The second-order valence-corrected chi connectivity index (χ2v) is 5.05. The van der Waals surface area contributed by atoms with Gasteiger partial charge in [0, 0.05) is 17.8 Å². The molecule has 0 saturated carbocycles. The molecule has 3 nitrogen and oxygen atoms in total. The van der Waals surface area contributed by atoms with Crippen molar-refractivity contribution in [3.8, 4) is 0 Å². The van der Waals surface area contributed by atoms with Crippen LogP contribution in [0.1, 0.15) is 6.42 Å². The van der Waals surface area contributed by atoms with E-state index in [0.717, 1.165) is 30.8 Å². The zero-order valence-electron chi connectivity index (χ0n) is 6.30. The fourth-order valence-electron chi connectivity index (χ4n) is 0.0772. The molecule has 0 atom stereocenters.